The number of rotatable bonds is 1. The zero-order valence-corrected chi connectivity index (χ0v) is 7.87. The van der Waals surface area contributed by atoms with E-state index in [4.69, 9.17) is 0 Å². The van der Waals surface area contributed by atoms with Gasteiger partial charge in [-0.05, 0) is 31.2 Å². The first-order valence-corrected chi connectivity index (χ1v) is 4.40. The van der Waals surface area contributed by atoms with Gasteiger partial charge < -0.3 is 4.90 Å². The predicted octanol–water partition coefficient (Wildman–Crippen LogP) is 2.30. The number of aliphatic imine (C=N–C) groups is 1. The van der Waals surface area contributed by atoms with Gasteiger partial charge in [-0.15, -0.1) is 0 Å². The number of nitrogens with zero attached hydrogens (tertiary/aromatic N) is 2. The summed E-state index contributed by atoms with van der Waals surface area (Å²) in [4.78, 5) is 5.87. The molecule has 1 aromatic rings. The van der Waals surface area contributed by atoms with E-state index < -0.39 is 0 Å². The molecule has 1 aromatic carbocycles. The van der Waals surface area contributed by atoms with E-state index in [0.717, 1.165) is 12.2 Å². The molecule has 0 N–H and O–H groups in total. The van der Waals surface area contributed by atoms with Crippen molar-refractivity contribution in [2.75, 3.05) is 11.4 Å². The molecular weight excluding hydrogens is 179 g/mol. The second-order valence-corrected chi connectivity index (χ2v) is 3.12. The fraction of sp³-hybridized carbons (Fsp3) is 0.182. The van der Waals surface area contributed by atoms with E-state index in [1.54, 1.807) is 25.5 Å². The quantitative estimate of drug-likeness (QED) is 0.661. The fourth-order valence-electron chi connectivity index (χ4n) is 1.38. The van der Waals surface area contributed by atoms with Gasteiger partial charge in [0.2, 0.25) is 0 Å². The third kappa shape index (κ3) is 1.53. The zero-order chi connectivity index (χ0) is 9.97. The molecule has 2 rings (SSSR count). The van der Waals surface area contributed by atoms with Crippen molar-refractivity contribution in [1.82, 2.24) is 0 Å². The minimum atomic E-state index is -0.231. The van der Waals surface area contributed by atoms with Crippen molar-refractivity contribution in [2.45, 2.75) is 6.92 Å². The van der Waals surface area contributed by atoms with Crippen LogP contribution in [0.2, 0.25) is 0 Å². The highest BCUT2D eigenvalue weighted by Crippen LogP contribution is 2.21. The standard InChI is InChI=1S/C11H10FN2/c1-9-10(12)4-2-5-11(9)14-7-3-6-13-8-14/h3-6,8H,7H2,1H3. The monoisotopic (exact) mass is 189 g/mol. The summed E-state index contributed by atoms with van der Waals surface area (Å²) in [6.45, 7) is 2.48. The Labute approximate surface area is 82.4 Å². The number of benzene rings is 1. The third-order valence-electron chi connectivity index (χ3n) is 2.18. The van der Waals surface area contributed by atoms with Gasteiger partial charge in [-0.3, -0.25) is 0 Å². The molecule has 1 radical (unpaired) electrons. The van der Waals surface area contributed by atoms with Crippen molar-refractivity contribution in [3.63, 3.8) is 0 Å². The van der Waals surface area contributed by atoms with Crippen molar-refractivity contribution in [2.24, 2.45) is 4.99 Å². The molecule has 71 valence electrons. The Morgan fingerprint density at radius 3 is 3.07 bits per heavy atom. The van der Waals surface area contributed by atoms with Gasteiger partial charge in [-0.1, -0.05) is 0 Å². The molecular formula is C11H10FN2. The summed E-state index contributed by atoms with van der Waals surface area (Å²) in [5.74, 6) is -0.231. The largest absolute Gasteiger partial charge is 0.328 e. The van der Waals surface area contributed by atoms with Crippen LogP contribution in [-0.4, -0.2) is 12.9 Å². The summed E-state index contributed by atoms with van der Waals surface area (Å²) in [6, 6.07) is 5.88. The second-order valence-electron chi connectivity index (χ2n) is 3.12. The highest BCUT2D eigenvalue weighted by Gasteiger charge is 2.09. The van der Waals surface area contributed by atoms with Gasteiger partial charge in [0.05, 0.1) is 6.34 Å². The summed E-state index contributed by atoms with van der Waals surface area (Å²) >= 11 is 0. The molecule has 0 saturated heterocycles. The third-order valence-corrected chi connectivity index (χ3v) is 2.18. The molecule has 0 aromatic heterocycles. The van der Waals surface area contributed by atoms with Gasteiger partial charge in [-0.2, -0.15) is 0 Å². The molecule has 0 unspecified atom stereocenters. The zero-order valence-electron chi connectivity index (χ0n) is 7.87. The molecule has 0 aliphatic carbocycles. The Balaban J connectivity index is 2.36. The van der Waals surface area contributed by atoms with Gasteiger partial charge in [0.15, 0.2) is 0 Å². The van der Waals surface area contributed by atoms with E-state index in [0.29, 0.717) is 5.56 Å². The summed E-state index contributed by atoms with van der Waals surface area (Å²) in [6.07, 6.45) is 5.34. The van der Waals surface area contributed by atoms with Crippen LogP contribution in [-0.2, 0) is 0 Å². The van der Waals surface area contributed by atoms with E-state index in [1.165, 1.54) is 6.07 Å². The number of anilines is 1. The van der Waals surface area contributed by atoms with E-state index in [-0.39, 0.29) is 5.82 Å². The SMILES string of the molecule is Cc1c(F)c[c]cc1N1C=NC=CC1. The first-order chi connectivity index (χ1) is 6.79. The van der Waals surface area contributed by atoms with Gasteiger partial charge in [-0.25, -0.2) is 9.38 Å². The molecule has 1 heterocycles. The van der Waals surface area contributed by atoms with E-state index >= 15 is 0 Å². The van der Waals surface area contributed by atoms with Crippen molar-refractivity contribution in [1.29, 1.82) is 0 Å². The molecule has 0 bridgehead atoms. The van der Waals surface area contributed by atoms with Gasteiger partial charge in [0.1, 0.15) is 5.82 Å². The number of hydrogen-bond donors (Lipinski definition) is 0. The molecule has 0 amide bonds. The summed E-state index contributed by atoms with van der Waals surface area (Å²) < 4.78 is 13.2. The maximum absolute atomic E-state index is 13.2. The van der Waals surface area contributed by atoms with Crippen molar-refractivity contribution in [3.05, 3.63) is 41.9 Å². The minimum Gasteiger partial charge on any atom is -0.328 e. The van der Waals surface area contributed by atoms with Gasteiger partial charge in [0, 0.05) is 24.0 Å². The summed E-state index contributed by atoms with van der Waals surface area (Å²) in [7, 11) is 0. The molecule has 0 atom stereocenters. The lowest BCUT2D eigenvalue weighted by molar-refractivity contribution is 0.618. The molecule has 0 spiro atoms. The van der Waals surface area contributed by atoms with Crippen LogP contribution < -0.4 is 4.90 Å². The molecule has 14 heavy (non-hydrogen) atoms. The molecule has 1 aliphatic rings. The highest BCUT2D eigenvalue weighted by molar-refractivity contribution is 5.82. The first-order valence-electron chi connectivity index (χ1n) is 4.40. The average molecular weight is 189 g/mol. The summed E-state index contributed by atoms with van der Waals surface area (Å²) in [5, 5.41) is 0. The Bertz CT molecular complexity index is 396. The van der Waals surface area contributed by atoms with Crippen molar-refractivity contribution >= 4 is 12.0 Å². The second kappa shape index (κ2) is 3.62. The molecule has 1 aliphatic heterocycles. The van der Waals surface area contributed by atoms with Crippen molar-refractivity contribution < 1.29 is 4.39 Å². The predicted molar refractivity (Wildman–Crippen MR) is 55.0 cm³/mol. The van der Waals surface area contributed by atoms with Crippen LogP contribution in [0.15, 0.2) is 29.4 Å². The van der Waals surface area contributed by atoms with Crippen LogP contribution in [0.3, 0.4) is 0 Å². The Kier molecular flexibility index (Phi) is 2.31. The van der Waals surface area contributed by atoms with Crippen LogP contribution in [0, 0.1) is 18.8 Å². The molecule has 0 fully saturated rings. The average Bonchev–Trinajstić information content (AvgIpc) is 2.23. The van der Waals surface area contributed by atoms with E-state index in [9.17, 15) is 4.39 Å². The van der Waals surface area contributed by atoms with Crippen LogP contribution >= 0.6 is 0 Å². The number of halogens is 1. The van der Waals surface area contributed by atoms with E-state index in [2.05, 4.69) is 11.1 Å². The molecule has 3 heteroatoms. The molecule has 0 saturated carbocycles. The van der Waals surface area contributed by atoms with Gasteiger partial charge >= 0.3 is 0 Å². The lowest BCUT2D eigenvalue weighted by atomic mass is 10.1. The minimum absolute atomic E-state index is 0.231. The Morgan fingerprint density at radius 2 is 2.36 bits per heavy atom. The Morgan fingerprint density at radius 1 is 1.50 bits per heavy atom. The lowest BCUT2D eigenvalue weighted by Gasteiger charge is -2.21. The van der Waals surface area contributed by atoms with Gasteiger partial charge in [0.25, 0.3) is 0 Å². The number of hydrogen-bond acceptors (Lipinski definition) is 2. The smallest absolute Gasteiger partial charge is 0.128 e. The first kappa shape index (κ1) is 8.94. The topological polar surface area (TPSA) is 15.6 Å². The summed E-state index contributed by atoms with van der Waals surface area (Å²) in [5.41, 5.74) is 1.45. The normalized spacial score (nSPS) is 14.9. The lowest BCUT2D eigenvalue weighted by Crippen LogP contribution is -2.23. The molecule has 2 nitrogen and oxygen atoms in total. The maximum atomic E-state index is 13.2. The fourth-order valence-corrected chi connectivity index (χ4v) is 1.38. The van der Waals surface area contributed by atoms with Crippen LogP contribution in [0.25, 0.3) is 0 Å². The maximum Gasteiger partial charge on any atom is 0.128 e. The van der Waals surface area contributed by atoms with Crippen LogP contribution in [0.5, 0.6) is 0 Å². The van der Waals surface area contributed by atoms with Crippen LogP contribution in [0.1, 0.15) is 5.56 Å². The van der Waals surface area contributed by atoms with E-state index in [1.807, 2.05) is 11.0 Å². The van der Waals surface area contributed by atoms with Crippen LogP contribution in [0.4, 0.5) is 10.1 Å². The van der Waals surface area contributed by atoms with Crippen molar-refractivity contribution in [3.8, 4) is 0 Å². The Hall–Kier alpha value is -1.64. The highest BCUT2D eigenvalue weighted by atomic mass is 19.1.